The van der Waals surface area contributed by atoms with Crippen molar-refractivity contribution >= 4 is 22.5 Å². The number of anilines is 1. The lowest BCUT2D eigenvalue weighted by Crippen LogP contribution is -2.12. The Balaban J connectivity index is 1.89. The molecule has 0 aliphatic heterocycles. The van der Waals surface area contributed by atoms with Crippen LogP contribution in [0.5, 0.6) is 11.5 Å². The number of ether oxygens (including phenoxy) is 2. The van der Waals surface area contributed by atoms with Crippen molar-refractivity contribution in [2.24, 2.45) is 0 Å². The Bertz CT molecular complexity index is 824. The summed E-state index contributed by atoms with van der Waals surface area (Å²) in [6.07, 6.45) is 1.84. The quantitative estimate of drug-likeness (QED) is 0.775. The number of hydrogen-bond donors (Lipinski definition) is 2. The fraction of sp³-hybridized carbons (Fsp3) is 0.118. The molecule has 3 rings (SSSR count). The van der Waals surface area contributed by atoms with E-state index in [9.17, 15) is 4.79 Å². The lowest BCUT2D eigenvalue weighted by Gasteiger charge is -2.11. The molecule has 0 atom stereocenters. The molecule has 0 unspecified atom stereocenters. The number of H-pyrrole nitrogens is 1. The van der Waals surface area contributed by atoms with Gasteiger partial charge in [-0.1, -0.05) is 6.07 Å². The molecule has 1 aromatic heterocycles. The van der Waals surface area contributed by atoms with Crippen molar-refractivity contribution in [2.45, 2.75) is 0 Å². The summed E-state index contributed by atoms with van der Waals surface area (Å²) in [4.78, 5) is 15.5. The standard InChI is InChI=1S/C17H16N2O3/c1-21-13-5-6-16(22-2)15(10-13)19-17(20)12-4-3-11-7-8-18-14(11)9-12/h3-10,18H,1-2H3,(H,19,20). The summed E-state index contributed by atoms with van der Waals surface area (Å²) in [6, 6.07) is 12.7. The highest BCUT2D eigenvalue weighted by Gasteiger charge is 2.11. The zero-order valence-corrected chi connectivity index (χ0v) is 12.3. The van der Waals surface area contributed by atoms with Crippen molar-refractivity contribution in [1.29, 1.82) is 0 Å². The Kier molecular flexibility index (Phi) is 3.70. The maximum atomic E-state index is 12.4. The van der Waals surface area contributed by atoms with E-state index in [4.69, 9.17) is 9.47 Å². The Morgan fingerprint density at radius 1 is 1.05 bits per heavy atom. The molecule has 2 aromatic carbocycles. The highest BCUT2D eigenvalue weighted by atomic mass is 16.5. The number of benzene rings is 2. The van der Waals surface area contributed by atoms with Crippen molar-refractivity contribution < 1.29 is 14.3 Å². The zero-order chi connectivity index (χ0) is 15.5. The van der Waals surface area contributed by atoms with Crippen LogP contribution in [-0.4, -0.2) is 25.1 Å². The van der Waals surface area contributed by atoms with Crippen molar-refractivity contribution in [3.05, 3.63) is 54.2 Å². The molecule has 3 aromatic rings. The molecular weight excluding hydrogens is 280 g/mol. The van der Waals surface area contributed by atoms with Gasteiger partial charge in [-0.25, -0.2) is 0 Å². The van der Waals surface area contributed by atoms with Gasteiger partial charge in [-0.15, -0.1) is 0 Å². The van der Waals surface area contributed by atoms with Crippen LogP contribution in [0, 0.1) is 0 Å². The maximum Gasteiger partial charge on any atom is 0.255 e. The summed E-state index contributed by atoms with van der Waals surface area (Å²) in [5.74, 6) is 1.02. The second kappa shape index (κ2) is 5.81. The van der Waals surface area contributed by atoms with E-state index < -0.39 is 0 Å². The van der Waals surface area contributed by atoms with E-state index in [-0.39, 0.29) is 5.91 Å². The van der Waals surface area contributed by atoms with Crippen LogP contribution in [0.15, 0.2) is 48.7 Å². The monoisotopic (exact) mass is 296 g/mol. The number of hydrogen-bond acceptors (Lipinski definition) is 3. The molecule has 1 heterocycles. The number of fused-ring (bicyclic) bond motifs is 1. The first-order chi connectivity index (χ1) is 10.7. The minimum atomic E-state index is -0.206. The number of methoxy groups -OCH3 is 2. The summed E-state index contributed by atoms with van der Waals surface area (Å²) in [7, 11) is 3.13. The maximum absolute atomic E-state index is 12.4. The molecular formula is C17H16N2O3. The van der Waals surface area contributed by atoms with Gasteiger partial charge in [-0.05, 0) is 35.7 Å². The minimum absolute atomic E-state index is 0.206. The summed E-state index contributed by atoms with van der Waals surface area (Å²) in [6.45, 7) is 0. The largest absolute Gasteiger partial charge is 0.497 e. The van der Waals surface area contributed by atoms with Gasteiger partial charge in [0.1, 0.15) is 11.5 Å². The summed E-state index contributed by atoms with van der Waals surface area (Å²) in [5, 5.41) is 3.92. The Hall–Kier alpha value is -2.95. The van der Waals surface area contributed by atoms with Gasteiger partial charge in [0, 0.05) is 23.3 Å². The van der Waals surface area contributed by atoms with E-state index in [1.807, 2.05) is 24.4 Å². The van der Waals surface area contributed by atoms with Crippen LogP contribution in [0.4, 0.5) is 5.69 Å². The first-order valence-corrected chi connectivity index (χ1v) is 6.82. The number of carbonyl (C=O) groups is 1. The summed E-state index contributed by atoms with van der Waals surface area (Å²) in [5.41, 5.74) is 2.06. The number of amides is 1. The molecule has 0 bridgehead atoms. The van der Waals surface area contributed by atoms with Crippen LogP contribution in [0.2, 0.25) is 0 Å². The van der Waals surface area contributed by atoms with Gasteiger partial charge in [0.2, 0.25) is 0 Å². The van der Waals surface area contributed by atoms with Gasteiger partial charge in [-0.2, -0.15) is 0 Å². The molecule has 0 saturated heterocycles. The molecule has 0 saturated carbocycles. The number of aromatic nitrogens is 1. The molecule has 0 spiro atoms. The molecule has 5 nitrogen and oxygen atoms in total. The molecule has 2 N–H and O–H groups in total. The van der Waals surface area contributed by atoms with E-state index in [0.717, 1.165) is 10.9 Å². The average Bonchev–Trinajstić information content (AvgIpc) is 3.02. The third kappa shape index (κ3) is 2.61. The van der Waals surface area contributed by atoms with Crippen molar-refractivity contribution in [2.75, 3.05) is 19.5 Å². The number of carbonyl (C=O) groups excluding carboxylic acids is 1. The van der Waals surface area contributed by atoms with Crippen LogP contribution in [0.3, 0.4) is 0 Å². The lowest BCUT2D eigenvalue weighted by atomic mass is 10.1. The third-order valence-electron chi connectivity index (χ3n) is 3.47. The van der Waals surface area contributed by atoms with Crippen LogP contribution >= 0.6 is 0 Å². The van der Waals surface area contributed by atoms with Crippen LogP contribution < -0.4 is 14.8 Å². The van der Waals surface area contributed by atoms with E-state index in [0.29, 0.717) is 22.7 Å². The zero-order valence-electron chi connectivity index (χ0n) is 12.3. The van der Waals surface area contributed by atoms with E-state index in [2.05, 4.69) is 10.3 Å². The normalized spacial score (nSPS) is 10.5. The van der Waals surface area contributed by atoms with Gasteiger partial charge in [0.15, 0.2) is 0 Å². The Morgan fingerprint density at radius 2 is 1.91 bits per heavy atom. The Labute approximate surface area is 127 Å². The topological polar surface area (TPSA) is 63.4 Å². The SMILES string of the molecule is COc1ccc(OC)c(NC(=O)c2ccc3cc[nH]c3c2)c1. The van der Waals surface area contributed by atoms with E-state index in [1.165, 1.54) is 0 Å². The predicted molar refractivity (Wildman–Crippen MR) is 85.8 cm³/mol. The van der Waals surface area contributed by atoms with Gasteiger partial charge in [-0.3, -0.25) is 4.79 Å². The van der Waals surface area contributed by atoms with Crippen molar-refractivity contribution in [1.82, 2.24) is 4.98 Å². The van der Waals surface area contributed by atoms with Crippen molar-refractivity contribution in [3.8, 4) is 11.5 Å². The molecule has 5 heteroatoms. The van der Waals surface area contributed by atoms with Gasteiger partial charge in [0.25, 0.3) is 5.91 Å². The molecule has 112 valence electrons. The molecule has 0 aliphatic rings. The van der Waals surface area contributed by atoms with Crippen LogP contribution in [-0.2, 0) is 0 Å². The Morgan fingerprint density at radius 3 is 2.68 bits per heavy atom. The van der Waals surface area contributed by atoms with Crippen LogP contribution in [0.25, 0.3) is 10.9 Å². The van der Waals surface area contributed by atoms with Gasteiger partial charge >= 0.3 is 0 Å². The van der Waals surface area contributed by atoms with Gasteiger partial charge in [0.05, 0.1) is 19.9 Å². The highest BCUT2D eigenvalue weighted by molar-refractivity contribution is 6.06. The summed E-state index contributed by atoms with van der Waals surface area (Å²) >= 11 is 0. The average molecular weight is 296 g/mol. The van der Waals surface area contributed by atoms with Crippen molar-refractivity contribution in [3.63, 3.8) is 0 Å². The second-order valence-corrected chi connectivity index (χ2v) is 4.80. The molecule has 1 amide bonds. The second-order valence-electron chi connectivity index (χ2n) is 4.80. The van der Waals surface area contributed by atoms with E-state index >= 15 is 0 Å². The summed E-state index contributed by atoms with van der Waals surface area (Å²) < 4.78 is 10.4. The highest BCUT2D eigenvalue weighted by Crippen LogP contribution is 2.29. The number of rotatable bonds is 4. The fourth-order valence-corrected chi connectivity index (χ4v) is 2.30. The first kappa shape index (κ1) is 14.0. The third-order valence-corrected chi connectivity index (χ3v) is 3.47. The minimum Gasteiger partial charge on any atom is -0.497 e. The molecule has 0 fully saturated rings. The fourth-order valence-electron chi connectivity index (χ4n) is 2.30. The molecule has 0 aliphatic carbocycles. The molecule has 0 radical (unpaired) electrons. The first-order valence-electron chi connectivity index (χ1n) is 6.82. The smallest absolute Gasteiger partial charge is 0.255 e. The molecule has 22 heavy (non-hydrogen) atoms. The van der Waals surface area contributed by atoms with Gasteiger partial charge < -0.3 is 19.8 Å². The number of nitrogens with one attached hydrogen (secondary N) is 2. The number of aromatic amines is 1. The lowest BCUT2D eigenvalue weighted by molar-refractivity contribution is 0.102. The predicted octanol–water partition coefficient (Wildman–Crippen LogP) is 3.44. The van der Waals surface area contributed by atoms with Crippen LogP contribution in [0.1, 0.15) is 10.4 Å². The van der Waals surface area contributed by atoms with E-state index in [1.54, 1.807) is 38.5 Å².